The van der Waals surface area contributed by atoms with Gasteiger partial charge in [-0.15, -0.1) is 0 Å². The van der Waals surface area contributed by atoms with Crippen LogP contribution in [0.15, 0.2) is 53.4 Å². The second-order valence-electron chi connectivity index (χ2n) is 4.39. The molecular formula is C14H13Cl2N3O3S. The van der Waals surface area contributed by atoms with Crippen molar-refractivity contribution in [2.45, 2.75) is 4.90 Å². The van der Waals surface area contributed by atoms with Gasteiger partial charge < -0.3 is 10.6 Å². The van der Waals surface area contributed by atoms with Gasteiger partial charge in [-0.2, -0.15) is 4.72 Å². The zero-order valence-corrected chi connectivity index (χ0v) is 14.0. The maximum atomic E-state index is 11.9. The lowest BCUT2D eigenvalue weighted by atomic mass is 10.3. The highest BCUT2D eigenvalue weighted by molar-refractivity contribution is 7.89. The first-order chi connectivity index (χ1) is 10.9. The lowest BCUT2D eigenvalue weighted by Crippen LogP contribution is -2.39. The maximum absolute atomic E-state index is 11.9. The largest absolute Gasteiger partial charge is 0.324 e. The number of anilines is 1. The van der Waals surface area contributed by atoms with Crippen LogP contribution in [0, 0.1) is 0 Å². The zero-order valence-electron chi connectivity index (χ0n) is 11.7. The molecule has 0 spiro atoms. The van der Waals surface area contributed by atoms with Gasteiger partial charge in [0.2, 0.25) is 10.0 Å². The van der Waals surface area contributed by atoms with Crippen LogP contribution in [0.25, 0.3) is 0 Å². The highest BCUT2D eigenvalue weighted by Gasteiger charge is 2.13. The summed E-state index contributed by atoms with van der Waals surface area (Å²) >= 11 is 11.7. The van der Waals surface area contributed by atoms with Crippen molar-refractivity contribution in [1.82, 2.24) is 10.0 Å². The number of nitrogens with one attached hydrogen (secondary N) is 3. The molecule has 0 aliphatic rings. The van der Waals surface area contributed by atoms with Gasteiger partial charge in [0, 0.05) is 5.02 Å². The topological polar surface area (TPSA) is 87.3 Å². The number of halogens is 2. The Balaban J connectivity index is 1.88. The van der Waals surface area contributed by atoms with Crippen molar-refractivity contribution in [3.05, 3.63) is 58.6 Å². The van der Waals surface area contributed by atoms with Crippen molar-refractivity contribution in [3.63, 3.8) is 0 Å². The summed E-state index contributed by atoms with van der Waals surface area (Å²) in [5.41, 5.74) is 0.361. The maximum Gasteiger partial charge on any atom is 0.320 e. The quantitative estimate of drug-likeness (QED) is 0.703. The number of rotatable bonds is 5. The Hall–Kier alpha value is -1.80. The SMILES string of the molecule is O=C(NCNS(=O)(=O)c1ccccc1)Nc1ccc(Cl)cc1Cl. The van der Waals surface area contributed by atoms with E-state index in [1.807, 2.05) is 0 Å². The fraction of sp³-hybridized carbons (Fsp3) is 0.0714. The molecule has 0 saturated carbocycles. The number of sulfonamides is 1. The number of urea groups is 1. The monoisotopic (exact) mass is 373 g/mol. The van der Waals surface area contributed by atoms with E-state index in [4.69, 9.17) is 23.2 Å². The van der Waals surface area contributed by atoms with Crippen molar-refractivity contribution in [2.75, 3.05) is 12.0 Å². The summed E-state index contributed by atoms with van der Waals surface area (Å²) < 4.78 is 26.2. The first-order valence-electron chi connectivity index (χ1n) is 6.43. The normalized spacial score (nSPS) is 11.0. The summed E-state index contributed by atoms with van der Waals surface area (Å²) in [7, 11) is -3.68. The van der Waals surface area contributed by atoms with Crippen LogP contribution in [0.2, 0.25) is 10.0 Å². The Morgan fingerprint density at radius 2 is 1.74 bits per heavy atom. The van der Waals surface area contributed by atoms with Crippen molar-refractivity contribution >= 4 is 44.9 Å². The van der Waals surface area contributed by atoms with Crippen LogP contribution in [-0.4, -0.2) is 21.1 Å². The predicted molar refractivity (Wildman–Crippen MR) is 90.2 cm³/mol. The van der Waals surface area contributed by atoms with Gasteiger partial charge in [0.15, 0.2) is 0 Å². The van der Waals surface area contributed by atoms with Gasteiger partial charge in [-0.1, -0.05) is 41.4 Å². The van der Waals surface area contributed by atoms with E-state index >= 15 is 0 Å². The Kier molecular flexibility index (Phi) is 5.84. The second kappa shape index (κ2) is 7.65. The van der Waals surface area contributed by atoms with Crippen molar-refractivity contribution in [2.24, 2.45) is 0 Å². The number of hydrogen-bond acceptors (Lipinski definition) is 3. The average molecular weight is 374 g/mol. The number of benzene rings is 2. The van der Waals surface area contributed by atoms with Crippen LogP contribution in [-0.2, 0) is 10.0 Å². The van der Waals surface area contributed by atoms with Crippen LogP contribution in [0.5, 0.6) is 0 Å². The minimum absolute atomic E-state index is 0.114. The predicted octanol–water partition coefficient (Wildman–Crippen LogP) is 3.05. The molecule has 0 aliphatic heterocycles. The molecule has 0 fully saturated rings. The first-order valence-corrected chi connectivity index (χ1v) is 8.67. The summed E-state index contributed by atoms with van der Waals surface area (Å²) in [5, 5.41) is 5.57. The molecule has 0 saturated heterocycles. The number of carbonyl (C=O) groups excluding carboxylic acids is 1. The molecule has 2 rings (SSSR count). The summed E-state index contributed by atoms with van der Waals surface area (Å²) in [6.07, 6.45) is 0. The van der Waals surface area contributed by atoms with Crippen LogP contribution in [0.3, 0.4) is 0 Å². The van der Waals surface area contributed by atoms with Gasteiger partial charge in [-0.3, -0.25) is 0 Å². The van der Waals surface area contributed by atoms with Crippen LogP contribution in [0.4, 0.5) is 10.5 Å². The molecule has 3 N–H and O–H groups in total. The van der Waals surface area contributed by atoms with Gasteiger partial charge in [0.05, 0.1) is 22.3 Å². The fourth-order valence-corrected chi connectivity index (χ4v) is 3.05. The van der Waals surface area contributed by atoms with E-state index in [1.54, 1.807) is 30.3 Å². The molecule has 2 amide bonds. The third-order valence-corrected chi connectivity index (χ3v) is 4.71. The highest BCUT2D eigenvalue weighted by Crippen LogP contribution is 2.25. The highest BCUT2D eigenvalue weighted by atomic mass is 35.5. The van der Waals surface area contributed by atoms with E-state index in [1.165, 1.54) is 18.2 Å². The molecule has 9 heteroatoms. The molecular weight excluding hydrogens is 361 g/mol. The minimum Gasteiger partial charge on any atom is -0.324 e. The molecule has 0 heterocycles. The van der Waals surface area contributed by atoms with E-state index in [0.29, 0.717) is 10.7 Å². The van der Waals surface area contributed by atoms with Crippen molar-refractivity contribution in [3.8, 4) is 0 Å². The van der Waals surface area contributed by atoms with E-state index < -0.39 is 16.1 Å². The number of hydrogen-bond donors (Lipinski definition) is 3. The molecule has 0 radical (unpaired) electrons. The second-order valence-corrected chi connectivity index (χ2v) is 7.00. The Morgan fingerprint density at radius 1 is 1.04 bits per heavy atom. The summed E-state index contributed by atoms with van der Waals surface area (Å²) in [6, 6.07) is 11.8. The Labute approximate surface area is 143 Å². The lowest BCUT2D eigenvalue weighted by Gasteiger charge is -2.10. The molecule has 2 aromatic carbocycles. The number of carbonyl (C=O) groups is 1. The fourth-order valence-electron chi connectivity index (χ4n) is 1.65. The van der Waals surface area contributed by atoms with E-state index in [-0.39, 0.29) is 16.6 Å². The summed E-state index contributed by atoms with van der Waals surface area (Å²) in [4.78, 5) is 11.8. The van der Waals surface area contributed by atoms with Crippen LogP contribution in [0.1, 0.15) is 0 Å². The van der Waals surface area contributed by atoms with Crippen molar-refractivity contribution < 1.29 is 13.2 Å². The standard InChI is InChI=1S/C14H13Cl2N3O3S/c15-10-6-7-13(12(16)8-10)19-14(20)17-9-18-23(21,22)11-4-2-1-3-5-11/h1-8,18H,9H2,(H2,17,19,20). The molecule has 0 atom stereocenters. The molecule has 0 aromatic heterocycles. The van der Waals surface area contributed by atoms with E-state index in [0.717, 1.165) is 0 Å². The summed E-state index contributed by atoms with van der Waals surface area (Å²) in [5.74, 6) is 0. The van der Waals surface area contributed by atoms with Crippen LogP contribution >= 0.6 is 23.2 Å². The van der Waals surface area contributed by atoms with E-state index in [9.17, 15) is 13.2 Å². The molecule has 6 nitrogen and oxygen atoms in total. The molecule has 23 heavy (non-hydrogen) atoms. The Morgan fingerprint density at radius 3 is 2.39 bits per heavy atom. The first kappa shape index (κ1) is 17.6. The smallest absolute Gasteiger partial charge is 0.320 e. The van der Waals surface area contributed by atoms with Gasteiger partial charge in [0.25, 0.3) is 0 Å². The average Bonchev–Trinajstić information content (AvgIpc) is 2.51. The van der Waals surface area contributed by atoms with Gasteiger partial charge in [0.1, 0.15) is 0 Å². The number of amides is 2. The lowest BCUT2D eigenvalue weighted by molar-refractivity contribution is 0.252. The van der Waals surface area contributed by atoms with Gasteiger partial charge in [-0.25, -0.2) is 13.2 Å². The molecule has 0 bridgehead atoms. The molecule has 0 aliphatic carbocycles. The van der Waals surface area contributed by atoms with Gasteiger partial charge >= 0.3 is 6.03 Å². The third-order valence-electron chi connectivity index (χ3n) is 2.74. The molecule has 122 valence electrons. The van der Waals surface area contributed by atoms with Crippen LogP contribution < -0.4 is 15.4 Å². The zero-order chi connectivity index (χ0) is 16.9. The van der Waals surface area contributed by atoms with E-state index in [2.05, 4.69) is 15.4 Å². The Bertz CT molecular complexity index is 798. The van der Waals surface area contributed by atoms with Crippen molar-refractivity contribution in [1.29, 1.82) is 0 Å². The molecule has 0 unspecified atom stereocenters. The summed E-state index contributed by atoms with van der Waals surface area (Å²) in [6.45, 7) is -0.270. The van der Waals surface area contributed by atoms with Gasteiger partial charge in [-0.05, 0) is 30.3 Å². The third kappa shape index (κ3) is 5.11. The minimum atomic E-state index is -3.68. The molecule has 2 aromatic rings.